The van der Waals surface area contributed by atoms with Crippen LogP contribution in [0.5, 0.6) is 11.5 Å². The number of nitrogens with one attached hydrogen (secondary N) is 4. The summed E-state index contributed by atoms with van der Waals surface area (Å²) in [5, 5.41) is 18.8. The molecule has 0 aliphatic heterocycles. The largest absolute Gasteiger partial charge is 0.469 e. The molecule has 2 aromatic heterocycles. The predicted molar refractivity (Wildman–Crippen MR) is 161 cm³/mol. The summed E-state index contributed by atoms with van der Waals surface area (Å²) in [5.74, 6) is -2.87. The summed E-state index contributed by atoms with van der Waals surface area (Å²) in [5.41, 5.74) is 2.06. The lowest BCUT2D eigenvalue weighted by Crippen LogP contribution is -2.45. The molecule has 236 valence electrons. The van der Waals surface area contributed by atoms with Crippen molar-refractivity contribution in [1.82, 2.24) is 20.6 Å². The van der Waals surface area contributed by atoms with Crippen LogP contribution in [-0.2, 0) is 14.3 Å². The first kappa shape index (κ1) is 32.8. The summed E-state index contributed by atoms with van der Waals surface area (Å²) in [6.07, 6.45) is 1.78. The number of rotatable bonds is 13. The second-order valence-electron chi connectivity index (χ2n) is 10.0. The highest BCUT2D eigenvalue weighted by Crippen LogP contribution is 2.29. The van der Waals surface area contributed by atoms with Gasteiger partial charge >= 0.3 is 5.97 Å². The lowest BCUT2D eigenvalue weighted by molar-refractivity contribution is -0.141. The number of carbonyl (C=O) groups is 3. The predicted octanol–water partition coefficient (Wildman–Crippen LogP) is 4.75. The molecule has 0 spiro atoms. The van der Waals surface area contributed by atoms with E-state index in [1.165, 1.54) is 55.9 Å². The summed E-state index contributed by atoms with van der Waals surface area (Å²) in [6, 6.07) is 11.6. The lowest BCUT2D eigenvalue weighted by Gasteiger charge is -2.21. The highest BCUT2D eigenvalue weighted by atomic mass is 19.1. The number of H-pyrrole nitrogens is 1. The Labute approximate surface area is 258 Å². The Morgan fingerprint density at radius 1 is 1.04 bits per heavy atom. The summed E-state index contributed by atoms with van der Waals surface area (Å²) < 4.78 is 39.2. The fourth-order valence-electron chi connectivity index (χ4n) is 4.36. The van der Waals surface area contributed by atoms with E-state index in [0.717, 1.165) is 11.6 Å². The Morgan fingerprint density at radius 3 is 2.58 bits per heavy atom. The van der Waals surface area contributed by atoms with Crippen LogP contribution < -0.4 is 20.7 Å². The first-order valence-electron chi connectivity index (χ1n) is 14.1. The molecule has 5 N–H and O–H groups in total. The van der Waals surface area contributed by atoms with Crippen molar-refractivity contribution in [3.8, 4) is 22.9 Å². The van der Waals surface area contributed by atoms with Crippen molar-refractivity contribution < 1.29 is 37.7 Å². The number of esters is 1. The topological polar surface area (TPSA) is 155 Å². The Balaban J connectivity index is 1.47. The van der Waals surface area contributed by atoms with Gasteiger partial charge in [0.2, 0.25) is 5.91 Å². The Hall–Kier alpha value is -5.14. The fourth-order valence-corrected chi connectivity index (χ4v) is 4.36. The van der Waals surface area contributed by atoms with Gasteiger partial charge in [-0.25, -0.2) is 8.78 Å². The molecule has 2 amide bonds. The van der Waals surface area contributed by atoms with E-state index < -0.39 is 35.8 Å². The summed E-state index contributed by atoms with van der Waals surface area (Å²) in [4.78, 5) is 44.1. The number of nitrogens with zero attached hydrogens (tertiary/aromatic N) is 1. The number of pyridine rings is 1. The number of likely N-dealkylation sites (N-methyl/N-ethyl adjacent to an activating group) is 1. The van der Waals surface area contributed by atoms with E-state index in [2.05, 4.69) is 30.7 Å². The number of carbonyl (C=O) groups excluding carboxylic acids is 3. The van der Waals surface area contributed by atoms with Gasteiger partial charge in [-0.3, -0.25) is 24.7 Å². The van der Waals surface area contributed by atoms with Crippen molar-refractivity contribution in [2.24, 2.45) is 0 Å². The van der Waals surface area contributed by atoms with E-state index in [-0.39, 0.29) is 41.5 Å². The van der Waals surface area contributed by atoms with Gasteiger partial charge in [0.15, 0.2) is 11.6 Å². The number of amides is 2. The quantitative estimate of drug-likeness (QED) is 0.106. The van der Waals surface area contributed by atoms with Gasteiger partial charge in [-0.05, 0) is 68.3 Å². The number of aromatic amines is 1. The molecule has 0 fully saturated rings. The number of halogens is 2. The maximum absolute atomic E-state index is 14.7. The normalized spacial score (nSPS) is 12.2. The summed E-state index contributed by atoms with van der Waals surface area (Å²) >= 11 is 0. The first-order valence-corrected chi connectivity index (χ1v) is 14.1. The van der Waals surface area contributed by atoms with Crippen LogP contribution in [0.15, 0.2) is 67.0 Å². The number of hydrogen-bond donors (Lipinski definition) is 5. The zero-order chi connectivity index (χ0) is 32.5. The van der Waals surface area contributed by atoms with Crippen LogP contribution >= 0.6 is 0 Å². The highest BCUT2D eigenvalue weighted by Gasteiger charge is 2.23. The number of aliphatic hydroxyl groups excluding tert-OH is 1. The van der Waals surface area contributed by atoms with Crippen molar-refractivity contribution >= 4 is 23.5 Å². The molecule has 0 saturated carbocycles. The average Bonchev–Trinajstić information content (AvgIpc) is 3.53. The Morgan fingerprint density at radius 2 is 1.82 bits per heavy atom. The SMILES string of the molecule is CCNC(=O)C(CCC(=O)OC)NC(O)c1c[nH]c(-c2cc(Oc3cc(C(=O)Nc4cc(C)ccc4F)ccc3F)ccn2)c1. The van der Waals surface area contributed by atoms with Crippen molar-refractivity contribution in [3.05, 3.63) is 95.3 Å². The standard InChI is InChI=1S/C32H33F2N5O6/c1-4-35-32(43)24(9-10-29(40)44-3)38-31(42)20-14-26(37-17-20)27-16-21(11-12-36-27)45-28-15-19(6-8-23(28)34)30(41)39-25-13-18(2)5-7-22(25)33/h5-8,11-17,24,31,37-38,42H,4,9-10H2,1-3H3,(H,35,43)(H,39,41). The molecule has 2 heterocycles. The van der Waals surface area contributed by atoms with Crippen LogP contribution in [0.4, 0.5) is 14.5 Å². The first-order chi connectivity index (χ1) is 21.6. The van der Waals surface area contributed by atoms with Gasteiger partial charge in [-0.2, -0.15) is 0 Å². The van der Waals surface area contributed by atoms with E-state index in [9.17, 15) is 28.3 Å². The second kappa shape index (κ2) is 15.0. The second-order valence-corrected chi connectivity index (χ2v) is 10.0. The number of aryl methyl sites for hydroxylation is 1. The van der Waals surface area contributed by atoms with Gasteiger partial charge in [0, 0.05) is 42.6 Å². The molecular weight excluding hydrogens is 588 g/mol. The number of benzene rings is 2. The lowest BCUT2D eigenvalue weighted by atomic mass is 10.1. The van der Waals surface area contributed by atoms with Crippen molar-refractivity contribution in [1.29, 1.82) is 0 Å². The number of methoxy groups -OCH3 is 1. The minimum Gasteiger partial charge on any atom is -0.469 e. The van der Waals surface area contributed by atoms with Crippen LogP contribution in [0.3, 0.4) is 0 Å². The van der Waals surface area contributed by atoms with Gasteiger partial charge in [-0.1, -0.05) is 6.07 Å². The third kappa shape index (κ3) is 8.71. The van der Waals surface area contributed by atoms with E-state index in [1.54, 1.807) is 26.0 Å². The Kier molecular flexibility index (Phi) is 11.0. The van der Waals surface area contributed by atoms with Gasteiger partial charge in [0.1, 0.15) is 17.8 Å². The molecule has 2 atom stereocenters. The average molecular weight is 622 g/mol. The van der Waals surface area contributed by atoms with Crippen molar-refractivity contribution in [2.45, 2.75) is 39.0 Å². The number of ether oxygens (including phenoxy) is 2. The molecule has 4 rings (SSSR count). The minimum absolute atomic E-state index is 0.00264. The zero-order valence-corrected chi connectivity index (χ0v) is 24.8. The molecule has 45 heavy (non-hydrogen) atoms. The van der Waals surface area contributed by atoms with Gasteiger partial charge < -0.3 is 30.2 Å². The minimum atomic E-state index is -1.27. The monoisotopic (exact) mass is 621 g/mol. The molecule has 0 radical (unpaired) electrons. The third-order valence-electron chi connectivity index (χ3n) is 6.71. The van der Waals surface area contributed by atoms with Crippen LogP contribution in [0.1, 0.15) is 47.5 Å². The molecule has 13 heteroatoms. The maximum atomic E-state index is 14.7. The molecule has 11 nitrogen and oxygen atoms in total. The molecule has 0 bridgehead atoms. The molecule has 4 aromatic rings. The molecule has 0 aliphatic carbocycles. The molecular formula is C32H33F2N5O6. The summed E-state index contributed by atoms with van der Waals surface area (Å²) in [6.45, 7) is 3.89. The number of hydrogen-bond acceptors (Lipinski definition) is 8. The smallest absolute Gasteiger partial charge is 0.305 e. The number of aromatic nitrogens is 2. The van der Waals surface area contributed by atoms with Gasteiger partial charge in [0.05, 0.1) is 30.2 Å². The Bertz CT molecular complexity index is 1680. The van der Waals surface area contributed by atoms with Crippen LogP contribution in [0, 0.1) is 18.6 Å². The summed E-state index contributed by atoms with van der Waals surface area (Å²) in [7, 11) is 1.25. The van der Waals surface area contributed by atoms with E-state index in [4.69, 9.17) is 4.74 Å². The number of anilines is 1. The van der Waals surface area contributed by atoms with Crippen LogP contribution in [0.25, 0.3) is 11.4 Å². The van der Waals surface area contributed by atoms with Crippen molar-refractivity contribution in [3.63, 3.8) is 0 Å². The van der Waals surface area contributed by atoms with Crippen LogP contribution in [-0.4, -0.2) is 52.6 Å². The zero-order valence-electron chi connectivity index (χ0n) is 24.8. The fraction of sp³-hybridized carbons (Fsp3) is 0.250. The third-order valence-corrected chi connectivity index (χ3v) is 6.71. The van der Waals surface area contributed by atoms with E-state index in [1.807, 2.05) is 0 Å². The van der Waals surface area contributed by atoms with Crippen LogP contribution in [0.2, 0.25) is 0 Å². The van der Waals surface area contributed by atoms with E-state index >= 15 is 0 Å². The van der Waals surface area contributed by atoms with Crippen molar-refractivity contribution in [2.75, 3.05) is 19.0 Å². The van der Waals surface area contributed by atoms with Gasteiger partial charge in [0.25, 0.3) is 5.91 Å². The molecule has 2 unspecified atom stereocenters. The maximum Gasteiger partial charge on any atom is 0.305 e. The molecule has 0 aliphatic rings. The molecule has 0 saturated heterocycles. The number of aliphatic hydroxyl groups is 1. The highest BCUT2D eigenvalue weighted by molar-refractivity contribution is 6.04. The van der Waals surface area contributed by atoms with E-state index in [0.29, 0.717) is 23.5 Å². The van der Waals surface area contributed by atoms with Gasteiger partial charge in [-0.15, -0.1) is 0 Å². The molecule has 2 aromatic carbocycles.